The van der Waals surface area contributed by atoms with Crippen LogP contribution in [0.1, 0.15) is 32.6 Å². The Morgan fingerprint density at radius 3 is 1.92 bits per heavy atom. The molecule has 0 rings (SSSR count). The molecule has 0 saturated carbocycles. The topological polar surface area (TPSA) is 71.4 Å². The van der Waals surface area contributed by atoms with Gasteiger partial charge in [-0.15, -0.1) is 0 Å². The van der Waals surface area contributed by atoms with Crippen molar-refractivity contribution in [3.63, 3.8) is 0 Å². The van der Waals surface area contributed by atoms with E-state index in [1.54, 1.807) is 0 Å². The second-order valence-corrected chi connectivity index (χ2v) is 3.00. The fourth-order valence-corrected chi connectivity index (χ4v) is 1.08. The molecule has 3 nitrogen and oxygen atoms in total. The van der Waals surface area contributed by atoms with E-state index in [4.69, 9.17) is 15.8 Å². The van der Waals surface area contributed by atoms with Gasteiger partial charge in [-0.3, -0.25) is 0 Å². The van der Waals surface area contributed by atoms with E-state index in [-0.39, 0.29) is 18.3 Å². The van der Waals surface area contributed by atoms with Crippen LogP contribution in [0.3, 0.4) is 0 Å². The van der Waals surface area contributed by atoms with Gasteiger partial charge < -0.3 is 0 Å². The van der Waals surface area contributed by atoms with Crippen molar-refractivity contribution in [3.8, 4) is 18.2 Å². The first-order valence-electron chi connectivity index (χ1n) is 4.44. The average Bonchev–Trinajstić information content (AvgIpc) is 2.17. The molecule has 0 bridgehead atoms. The summed E-state index contributed by atoms with van der Waals surface area (Å²) in [7, 11) is 0. The van der Waals surface area contributed by atoms with E-state index in [9.17, 15) is 0 Å². The van der Waals surface area contributed by atoms with Gasteiger partial charge in [0.2, 0.25) is 0 Å². The Kier molecular flexibility index (Phi) is 6.30. The van der Waals surface area contributed by atoms with E-state index in [2.05, 4.69) is 12.1 Å². The molecule has 2 atom stereocenters. The summed E-state index contributed by atoms with van der Waals surface area (Å²) >= 11 is 0. The molecule has 0 heterocycles. The summed E-state index contributed by atoms with van der Waals surface area (Å²) in [4.78, 5) is 0. The predicted octanol–water partition coefficient (Wildman–Crippen LogP) is 2.37. The van der Waals surface area contributed by atoms with Gasteiger partial charge in [0.1, 0.15) is 0 Å². The summed E-state index contributed by atoms with van der Waals surface area (Å²) in [6.07, 6.45) is 2.49. The number of hydrogen-bond donors (Lipinski definition) is 0. The summed E-state index contributed by atoms with van der Waals surface area (Å²) in [5.41, 5.74) is 0. The molecule has 0 aliphatic carbocycles. The number of hydrogen-bond acceptors (Lipinski definition) is 3. The molecule has 0 aromatic heterocycles. The Morgan fingerprint density at radius 1 is 1.00 bits per heavy atom. The predicted molar refractivity (Wildman–Crippen MR) is 48.0 cm³/mol. The molecule has 68 valence electrons. The van der Waals surface area contributed by atoms with Crippen LogP contribution >= 0.6 is 0 Å². The summed E-state index contributed by atoms with van der Waals surface area (Å²) in [5, 5.41) is 25.7. The van der Waals surface area contributed by atoms with Gasteiger partial charge in [0, 0.05) is 5.92 Å². The zero-order valence-electron chi connectivity index (χ0n) is 7.82. The molecule has 3 heteroatoms. The van der Waals surface area contributed by atoms with Crippen molar-refractivity contribution in [2.24, 2.45) is 11.8 Å². The summed E-state index contributed by atoms with van der Waals surface area (Å²) in [6.45, 7) is 1.96. The van der Waals surface area contributed by atoms with Gasteiger partial charge >= 0.3 is 0 Å². The molecule has 0 N–H and O–H groups in total. The van der Waals surface area contributed by atoms with Crippen LogP contribution in [-0.4, -0.2) is 0 Å². The van der Waals surface area contributed by atoms with Gasteiger partial charge in [-0.1, -0.05) is 6.92 Å². The molecule has 13 heavy (non-hydrogen) atoms. The second kappa shape index (κ2) is 7.14. The lowest BCUT2D eigenvalue weighted by Crippen LogP contribution is -2.01. The van der Waals surface area contributed by atoms with Crippen LogP contribution in [-0.2, 0) is 0 Å². The van der Waals surface area contributed by atoms with Gasteiger partial charge in [0.15, 0.2) is 0 Å². The Morgan fingerprint density at radius 2 is 1.54 bits per heavy atom. The lowest BCUT2D eigenvalue weighted by Gasteiger charge is -2.07. The third kappa shape index (κ3) is 4.83. The number of nitrogens with zero attached hydrogens (tertiary/aromatic N) is 3. The number of nitriles is 3. The van der Waals surface area contributed by atoms with E-state index in [0.29, 0.717) is 6.42 Å². The van der Waals surface area contributed by atoms with Crippen LogP contribution in [0.15, 0.2) is 0 Å². The zero-order chi connectivity index (χ0) is 10.1. The molecule has 0 aliphatic rings. The first kappa shape index (κ1) is 11.5. The maximum atomic E-state index is 8.64. The van der Waals surface area contributed by atoms with Crippen LogP contribution in [0.5, 0.6) is 0 Å². The highest BCUT2D eigenvalue weighted by Gasteiger charge is 2.10. The first-order valence-corrected chi connectivity index (χ1v) is 4.44. The molecule has 0 fully saturated rings. The Hall–Kier alpha value is -1.53. The van der Waals surface area contributed by atoms with E-state index in [1.165, 1.54) is 0 Å². The summed E-state index contributed by atoms with van der Waals surface area (Å²) in [5.74, 6) is -0.165. The molecule has 0 saturated heterocycles. The molecule has 0 aromatic rings. The molecule has 0 aliphatic heterocycles. The van der Waals surface area contributed by atoms with Crippen LogP contribution < -0.4 is 0 Å². The molecule has 0 radical (unpaired) electrons. The van der Waals surface area contributed by atoms with Crippen LogP contribution in [0, 0.1) is 45.8 Å². The fourth-order valence-electron chi connectivity index (χ4n) is 1.08. The maximum Gasteiger partial charge on any atom is 0.0666 e. The molecule has 0 aromatic carbocycles. The molecular formula is C10H13N3. The molecule has 2 unspecified atom stereocenters. The SMILES string of the molecule is CCC(C#N)CCC(C#N)CC#N. The van der Waals surface area contributed by atoms with Crippen molar-refractivity contribution in [3.05, 3.63) is 0 Å². The Labute approximate surface area is 79.2 Å². The minimum Gasteiger partial charge on any atom is -0.198 e. The van der Waals surface area contributed by atoms with E-state index >= 15 is 0 Å². The highest BCUT2D eigenvalue weighted by atomic mass is 14.3. The molecular weight excluding hydrogens is 162 g/mol. The van der Waals surface area contributed by atoms with E-state index < -0.39 is 0 Å². The third-order valence-electron chi connectivity index (χ3n) is 2.06. The smallest absolute Gasteiger partial charge is 0.0666 e. The number of rotatable bonds is 5. The fraction of sp³-hybridized carbons (Fsp3) is 0.700. The van der Waals surface area contributed by atoms with Gasteiger partial charge in [-0.05, 0) is 19.3 Å². The largest absolute Gasteiger partial charge is 0.198 e. The first-order chi connectivity index (χ1) is 6.28. The van der Waals surface area contributed by atoms with E-state index in [1.807, 2.05) is 13.0 Å². The summed E-state index contributed by atoms with van der Waals surface area (Å²) in [6, 6.07) is 6.23. The lowest BCUT2D eigenvalue weighted by atomic mass is 9.94. The van der Waals surface area contributed by atoms with Crippen molar-refractivity contribution in [1.82, 2.24) is 0 Å². The maximum absolute atomic E-state index is 8.64. The standard InChI is InChI=1S/C10H13N3/c1-2-9(7-12)3-4-10(8-13)5-6-11/h9-10H,2-5H2,1H3. The second-order valence-electron chi connectivity index (χ2n) is 3.00. The highest BCUT2D eigenvalue weighted by molar-refractivity contribution is 4.91. The minimum atomic E-state index is -0.201. The van der Waals surface area contributed by atoms with Crippen LogP contribution in [0.4, 0.5) is 0 Å². The normalized spacial score (nSPS) is 13.4. The molecule has 0 amide bonds. The zero-order valence-corrected chi connectivity index (χ0v) is 7.82. The third-order valence-corrected chi connectivity index (χ3v) is 2.06. The van der Waals surface area contributed by atoms with Crippen LogP contribution in [0.2, 0.25) is 0 Å². The lowest BCUT2D eigenvalue weighted by molar-refractivity contribution is 0.495. The van der Waals surface area contributed by atoms with Crippen molar-refractivity contribution in [1.29, 1.82) is 15.8 Å². The summed E-state index contributed by atoms with van der Waals surface area (Å²) < 4.78 is 0. The monoisotopic (exact) mass is 175 g/mol. The van der Waals surface area contributed by atoms with Crippen molar-refractivity contribution < 1.29 is 0 Å². The van der Waals surface area contributed by atoms with Gasteiger partial charge in [0.25, 0.3) is 0 Å². The molecule has 0 spiro atoms. The minimum absolute atomic E-state index is 0.0366. The van der Waals surface area contributed by atoms with Crippen LogP contribution in [0.25, 0.3) is 0 Å². The Balaban J connectivity index is 3.81. The van der Waals surface area contributed by atoms with Crippen molar-refractivity contribution >= 4 is 0 Å². The van der Waals surface area contributed by atoms with E-state index in [0.717, 1.165) is 12.8 Å². The highest BCUT2D eigenvalue weighted by Crippen LogP contribution is 2.16. The quantitative estimate of drug-likeness (QED) is 0.643. The van der Waals surface area contributed by atoms with Crippen molar-refractivity contribution in [2.75, 3.05) is 0 Å². The average molecular weight is 175 g/mol. The Bertz CT molecular complexity index is 251. The van der Waals surface area contributed by atoms with Gasteiger partial charge in [0.05, 0.1) is 30.5 Å². The van der Waals surface area contributed by atoms with Crippen molar-refractivity contribution in [2.45, 2.75) is 32.6 Å². The van der Waals surface area contributed by atoms with Gasteiger partial charge in [-0.2, -0.15) is 15.8 Å². The van der Waals surface area contributed by atoms with Gasteiger partial charge in [-0.25, -0.2) is 0 Å².